The maximum Gasteiger partial charge on any atom is 0.257 e. The van der Waals surface area contributed by atoms with E-state index in [9.17, 15) is 9.59 Å². The summed E-state index contributed by atoms with van der Waals surface area (Å²) in [6.45, 7) is 0. The Kier molecular flexibility index (Phi) is 7.02. The summed E-state index contributed by atoms with van der Waals surface area (Å²) in [4.78, 5) is 27.0. The summed E-state index contributed by atoms with van der Waals surface area (Å²) in [7, 11) is 3.14. The molecule has 3 aromatic rings. The molecule has 3 aromatic carbocycles. The molecule has 33 heavy (non-hydrogen) atoms. The van der Waals surface area contributed by atoms with Gasteiger partial charge in [-0.05, 0) is 48.0 Å². The lowest BCUT2D eigenvalue weighted by atomic mass is 10.1. The van der Waals surface area contributed by atoms with Crippen LogP contribution in [0.3, 0.4) is 0 Å². The van der Waals surface area contributed by atoms with Gasteiger partial charge in [0.2, 0.25) is 5.91 Å². The predicted molar refractivity (Wildman–Crippen MR) is 133 cm³/mol. The Bertz CT molecular complexity index is 1200. The summed E-state index contributed by atoms with van der Waals surface area (Å²) in [5.41, 5.74) is 2.54. The van der Waals surface area contributed by atoms with Crippen LogP contribution in [0.1, 0.15) is 21.3 Å². The molecule has 1 unspecified atom stereocenters. The van der Waals surface area contributed by atoms with Gasteiger partial charge in [0, 0.05) is 16.8 Å². The molecule has 0 aromatic heterocycles. The summed E-state index contributed by atoms with van der Waals surface area (Å²) < 4.78 is 10.8. The third-order valence-corrected chi connectivity index (χ3v) is 6.90. The normalized spacial score (nSPS) is 15.5. The van der Waals surface area contributed by atoms with E-state index >= 15 is 0 Å². The molecule has 6 nitrogen and oxygen atoms in total. The van der Waals surface area contributed by atoms with Gasteiger partial charge in [0.25, 0.3) is 5.91 Å². The maximum absolute atomic E-state index is 12.7. The lowest BCUT2D eigenvalue weighted by Crippen LogP contribution is -2.28. The lowest BCUT2D eigenvalue weighted by Gasteiger charge is -2.26. The fourth-order valence-electron chi connectivity index (χ4n) is 3.52. The van der Waals surface area contributed by atoms with Gasteiger partial charge in [-0.2, -0.15) is 0 Å². The van der Waals surface area contributed by atoms with Gasteiger partial charge in [-0.15, -0.1) is 11.8 Å². The molecule has 1 saturated heterocycles. The molecule has 0 radical (unpaired) electrons. The van der Waals surface area contributed by atoms with Gasteiger partial charge in [-0.1, -0.05) is 35.3 Å². The molecule has 0 saturated carbocycles. The zero-order valence-electron chi connectivity index (χ0n) is 17.8. The molecule has 1 fully saturated rings. The number of amides is 2. The van der Waals surface area contributed by atoms with Gasteiger partial charge in [0.15, 0.2) is 0 Å². The van der Waals surface area contributed by atoms with Crippen molar-refractivity contribution in [2.24, 2.45) is 0 Å². The summed E-state index contributed by atoms with van der Waals surface area (Å²) in [6, 6.07) is 17.5. The van der Waals surface area contributed by atoms with Crippen molar-refractivity contribution >= 4 is 58.2 Å². The molecule has 0 aliphatic carbocycles. The fourth-order valence-corrected chi connectivity index (χ4v) is 5.18. The van der Waals surface area contributed by atoms with Gasteiger partial charge in [-0.3, -0.25) is 14.5 Å². The van der Waals surface area contributed by atoms with Crippen LogP contribution in [0.4, 0.5) is 11.4 Å². The summed E-state index contributed by atoms with van der Waals surface area (Å²) in [5, 5.41) is 3.34. The number of ether oxygens (including phenoxy) is 2. The van der Waals surface area contributed by atoms with Gasteiger partial charge in [0.05, 0.1) is 36.2 Å². The van der Waals surface area contributed by atoms with Crippen LogP contribution < -0.4 is 19.7 Å². The number of nitrogens with zero attached hydrogens (tertiary/aromatic N) is 1. The van der Waals surface area contributed by atoms with E-state index in [2.05, 4.69) is 5.32 Å². The number of methoxy groups -OCH3 is 2. The largest absolute Gasteiger partial charge is 0.497 e. The van der Waals surface area contributed by atoms with Crippen LogP contribution >= 0.6 is 35.0 Å². The zero-order valence-corrected chi connectivity index (χ0v) is 20.1. The number of rotatable bonds is 6. The monoisotopic (exact) mass is 502 g/mol. The number of hydrogen-bond acceptors (Lipinski definition) is 5. The average Bonchev–Trinajstić information content (AvgIpc) is 3.20. The van der Waals surface area contributed by atoms with E-state index in [4.69, 9.17) is 32.7 Å². The number of carbonyl (C=O) groups is 2. The Morgan fingerprint density at radius 3 is 2.45 bits per heavy atom. The van der Waals surface area contributed by atoms with Crippen LogP contribution in [0.5, 0.6) is 11.5 Å². The SMILES string of the molecule is COc1ccc(N2C(=O)CSC2c2ccc(NC(=O)c3ccc(Cl)cc3Cl)cc2)c(OC)c1. The standard InChI is InChI=1S/C24H20Cl2N2O4S/c1-31-17-8-10-20(21(12-17)32-2)28-22(29)13-33-24(28)14-3-6-16(7-4-14)27-23(30)18-9-5-15(25)11-19(18)26/h3-12,24H,13H2,1-2H3,(H,27,30). The molecule has 1 aliphatic rings. The highest BCUT2D eigenvalue weighted by molar-refractivity contribution is 8.00. The van der Waals surface area contributed by atoms with E-state index in [1.165, 1.54) is 17.8 Å². The van der Waals surface area contributed by atoms with E-state index in [-0.39, 0.29) is 22.2 Å². The molecule has 9 heteroatoms. The highest BCUT2D eigenvalue weighted by Gasteiger charge is 2.35. The van der Waals surface area contributed by atoms with Crippen LogP contribution in [0, 0.1) is 0 Å². The zero-order chi connectivity index (χ0) is 23.5. The number of nitrogens with one attached hydrogen (secondary N) is 1. The minimum absolute atomic E-state index is 0.0109. The molecular formula is C24H20Cl2N2O4S. The number of hydrogen-bond donors (Lipinski definition) is 1. The molecule has 1 aliphatic heterocycles. The van der Waals surface area contributed by atoms with Crippen molar-refractivity contribution < 1.29 is 19.1 Å². The van der Waals surface area contributed by atoms with E-state index < -0.39 is 0 Å². The molecule has 4 rings (SSSR count). The highest BCUT2D eigenvalue weighted by atomic mass is 35.5. The highest BCUT2D eigenvalue weighted by Crippen LogP contribution is 2.45. The van der Waals surface area contributed by atoms with Crippen molar-refractivity contribution in [3.63, 3.8) is 0 Å². The molecular weight excluding hydrogens is 483 g/mol. The topological polar surface area (TPSA) is 67.9 Å². The van der Waals surface area contributed by atoms with E-state index in [0.717, 1.165) is 5.56 Å². The van der Waals surface area contributed by atoms with E-state index in [0.29, 0.717) is 39.2 Å². The van der Waals surface area contributed by atoms with E-state index in [1.54, 1.807) is 55.5 Å². The van der Waals surface area contributed by atoms with Crippen LogP contribution in [0.15, 0.2) is 60.7 Å². The Morgan fingerprint density at radius 2 is 1.79 bits per heavy atom. The summed E-state index contributed by atoms with van der Waals surface area (Å²) >= 11 is 13.6. The number of thioether (sulfide) groups is 1. The molecule has 1 heterocycles. The third kappa shape index (κ3) is 4.90. The molecule has 170 valence electrons. The molecule has 0 spiro atoms. The average molecular weight is 503 g/mol. The third-order valence-electron chi connectivity index (χ3n) is 5.14. The Labute approximate surface area is 205 Å². The minimum Gasteiger partial charge on any atom is -0.497 e. The lowest BCUT2D eigenvalue weighted by molar-refractivity contribution is -0.115. The quantitative estimate of drug-likeness (QED) is 0.444. The van der Waals surface area contributed by atoms with Gasteiger partial charge >= 0.3 is 0 Å². The van der Waals surface area contributed by atoms with Gasteiger partial charge < -0.3 is 14.8 Å². The van der Waals surface area contributed by atoms with Crippen molar-refractivity contribution in [1.29, 1.82) is 0 Å². The van der Waals surface area contributed by atoms with Crippen molar-refractivity contribution in [3.05, 3.63) is 81.8 Å². The molecule has 0 bridgehead atoms. The summed E-state index contributed by atoms with van der Waals surface area (Å²) in [5.74, 6) is 1.21. The minimum atomic E-state index is -0.334. The molecule has 2 amide bonds. The second-order valence-corrected chi connectivity index (χ2v) is 9.08. The smallest absolute Gasteiger partial charge is 0.257 e. The van der Waals surface area contributed by atoms with Crippen LogP contribution in [0.25, 0.3) is 0 Å². The van der Waals surface area contributed by atoms with Crippen LogP contribution in [0.2, 0.25) is 10.0 Å². The van der Waals surface area contributed by atoms with E-state index in [1.807, 2.05) is 18.2 Å². The first-order valence-corrected chi connectivity index (χ1v) is 11.7. The van der Waals surface area contributed by atoms with Crippen molar-refractivity contribution in [1.82, 2.24) is 0 Å². The number of carbonyl (C=O) groups excluding carboxylic acids is 2. The van der Waals surface area contributed by atoms with Crippen LogP contribution in [-0.4, -0.2) is 31.8 Å². The second kappa shape index (κ2) is 9.95. The first-order valence-electron chi connectivity index (χ1n) is 9.93. The molecule has 1 N–H and O–H groups in total. The van der Waals surface area contributed by atoms with Crippen molar-refractivity contribution in [2.75, 3.05) is 30.2 Å². The van der Waals surface area contributed by atoms with Gasteiger partial charge in [0.1, 0.15) is 16.9 Å². The van der Waals surface area contributed by atoms with Crippen LogP contribution in [-0.2, 0) is 4.79 Å². The Hall–Kier alpha value is -2.87. The number of halogens is 2. The Balaban J connectivity index is 1.55. The first kappa shape index (κ1) is 23.3. The van der Waals surface area contributed by atoms with Gasteiger partial charge in [-0.25, -0.2) is 0 Å². The fraction of sp³-hybridized carbons (Fsp3) is 0.167. The first-order chi connectivity index (χ1) is 15.9. The molecule has 1 atom stereocenters. The number of benzene rings is 3. The van der Waals surface area contributed by atoms with Crippen molar-refractivity contribution in [2.45, 2.75) is 5.37 Å². The Morgan fingerprint density at radius 1 is 1.03 bits per heavy atom. The van der Waals surface area contributed by atoms with Crippen molar-refractivity contribution in [3.8, 4) is 11.5 Å². The maximum atomic E-state index is 12.7. The summed E-state index contributed by atoms with van der Waals surface area (Å²) in [6.07, 6.45) is 0. The predicted octanol–water partition coefficient (Wildman–Crippen LogP) is 6.04. The second-order valence-electron chi connectivity index (χ2n) is 7.17. The number of anilines is 2.